The first-order valence-corrected chi connectivity index (χ1v) is 6.20. The fourth-order valence-corrected chi connectivity index (χ4v) is 2.63. The SMILES string of the molecule is CN1CCC(n2nccc2C2(N)CC2)CC1. The average Bonchev–Trinajstić information content (AvgIpc) is 2.84. The highest BCUT2D eigenvalue weighted by atomic mass is 15.3. The topological polar surface area (TPSA) is 47.1 Å². The van der Waals surface area contributed by atoms with Crippen LogP contribution in [0.1, 0.15) is 37.4 Å². The maximum Gasteiger partial charge on any atom is 0.0586 e. The van der Waals surface area contributed by atoms with E-state index in [4.69, 9.17) is 5.73 Å². The number of aromatic nitrogens is 2. The second-order valence-electron chi connectivity index (χ2n) is 5.35. The minimum absolute atomic E-state index is 0.0557. The molecule has 2 fully saturated rings. The molecule has 1 saturated heterocycles. The summed E-state index contributed by atoms with van der Waals surface area (Å²) in [4.78, 5) is 2.38. The molecule has 16 heavy (non-hydrogen) atoms. The van der Waals surface area contributed by atoms with Crippen LogP contribution in [0.2, 0.25) is 0 Å². The minimum atomic E-state index is -0.0557. The van der Waals surface area contributed by atoms with Crippen molar-refractivity contribution in [1.29, 1.82) is 0 Å². The molecule has 2 aliphatic rings. The van der Waals surface area contributed by atoms with E-state index < -0.39 is 0 Å². The second-order valence-corrected chi connectivity index (χ2v) is 5.35. The Kier molecular flexibility index (Phi) is 2.30. The number of rotatable bonds is 2. The Morgan fingerprint density at radius 1 is 1.38 bits per heavy atom. The van der Waals surface area contributed by atoms with Crippen molar-refractivity contribution < 1.29 is 0 Å². The van der Waals surface area contributed by atoms with Gasteiger partial charge in [-0.3, -0.25) is 4.68 Å². The summed E-state index contributed by atoms with van der Waals surface area (Å²) < 4.78 is 2.19. The summed E-state index contributed by atoms with van der Waals surface area (Å²) >= 11 is 0. The number of likely N-dealkylation sites (tertiary alicyclic amines) is 1. The molecule has 0 unspecified atom stereocenters. The molecule has 4 nitrogen and oxygen atoms in total. The molecule has 1 aliphatic heterocycles. The Morgan fingerprint density at radius 2 is 2.06 bits per heavy atom. The lowest BCUT2D eigenvalue weighted by Gasteiger charge is -2.30. The first-order valence-electron chi connectivity index (χ1n) is 6.20. The molecule has 88 valence electrons. The van der Waals surface area contributed by atoms with Gasteiger partial charge in [-0.05, 0) is 51.9 Å². The standard InChI is InChI=1S/C12H20N4/c1-15-8-3-10(4-9-15)16-11(2-7-14-16)12(13)5-6-12/h2,7,10H,3-6,8-9,13H2,1H3. The molecule has 0 aromatic carbocycles. The Labute approximate surface area is 96.4 Å². The van der Waals surface area contributed by atoms with Crippen LogP contribution in [0.5, 0.6) is 0 Å². The van der Waals surface area contributed by atoms with Gasteiger partial charge in [0.1, 0.15) is 0 Å². The molecule has 1 saturated carbocycles. The highest BCUT2D eigenvalue weighted by Gasteiger charge is 2.43. The average molecular weight is 220 g/mol. The zero-order valence-corrected chi connectivity index (χ0v) is 9.89. The quantitative estimate of drug-likeness (QED) is 0.812. The van der Waals surface area contributed by atoms with E-state index in [1.165, 1.54) is 31.6 Å². The van der Waals surface area contributed by atoms with Crippen LogP contribution in [-0.4, -0.2) is 34.8 Å². The van der Waals surface area contributed by atoms with E-state index in [1.54, 1.807) is 0 Å². The van der Waals surface area contributed by atoms with Gasteiger partial charge in [0, 0.05) is 6.20 Å². The Bertz CT molecular complexity index is 372. The van der Waals surface area contributed by atoms with Gasteiger partial charge in [-0.15, -0.1) is 0 Å². The summed E-state index contributed by atoms with van der Waals surface area (Å²) in [6.45, 7) is 2.34. The zero-order valence-electron chi connectivity index (χ0n) is 9.89. The van der Waals surface area contributed by atoms with Gasteiger partial charge >= 0.3 is 0 Å². The molecule has 2 N–H and O–H groups in total. The summed E-state index contributed by atoms with van der Waals surface area (Å²) in [6.07, 6.45) is 6.53. The van der Waals surface area contributed by atoms with Crippen molar-refractivity contribution in [3.8, 4) is 0 Å². The maximum atomic E-state index is 6.28. The summed E-state index contributed by atoms with van der Waals surface area (Å²) in [7, 11) is 2.19. The smallest absolute Gasteiger partial charge is 0.0586 e. The normalized spacial score (nSPS) is 25.9. The van der Waals surface area contributed by atoms with Gasteiger partial charge in [0.15, 0.2) is 0 Å². The van der Waals surface area contributed by atoms with Gasteiger partial charge in [0.05, 0.1) is 17.3 Å². The van der Waals surface area contributed by atoms with Crippen LogP contribution < -0.4 is 5.73 Å². The lowest BCUT2D eigenvalue weighted by atomic mass is 10.0. The van der Waals surface area contributed by atoms with Crippen LogP contribution in [0.3, 0.4) is 0 Å². The molecule has 0 bridgehead atoms. The third-order valence-electron chi connectivity index (χ3n) is 4.00. The highest BCUT2D eigenvalue weighted by molar-refractivity contribution is 5.22. The molecule has 4 heteroatoms. The molecule has 0 amide bonds. The van der Waals surface area contributed by atoms with Crippen molar-refractivity contribution in [2.45, 2.75) is 37.3 Å². The molecule has 1 aliphatic carbocycles. The van der Waals surface area contributed by atoms with E-state index in [-0.39, 0.29) is 5.54 Å². The van der Waals surface area contributed by atoms with E-state index in [2.05, 4.69) is 27.8 Å². The second kappa shape index (κ2) is 3.57. The van der Waals surface area contributed by atoms with Crippen molar-refractivity contribution in [3.05, 3.63) is 18.0 Å². The highest BCUT2D eigenvalue weighted by Crippen LogP contribution is 2.43. The molecule has 1 aromatic rings. The maximum absolute atomic E-state index is 6.28. The summed E-state index contributed by atoms with van der Waals surface area (Å²) in [5.74, 6) is 0. The Balaban J connectivity index is 1.81. The molecule has 2 heterocycles. The molecule has 0 spiro atoms. The molecule has 1 aromatic heterocycles. The van der Waals surface area contributed by atoms with E-state index in [1.807, 2.05) is 6.20 Å². The predicted octanol–water partition coefficient (Wildman–Crippen LogP) is 1.10. The predicted molar refractivity (Wildman–Crippen MR) is 63.1 cm³/mol. The van der Waals surface area contributed by atoms with E-state index in [9.17, 15) is 0 Å². The fourth-order valence-electron chi connectivity index (χ4n) is 2.63. The van der Waals surface area contributed by atoms with Gasteiger partial charge in [-0.25, -0.2) is 0 Å². The number of nitrogens with two attached hydrogens (primary N) is 1. The third-order valence-corrected chi connectivity index (χ3v) is 4.00. The Morgan fingerprint density at radius 3 is 2.69 bits per heavy atom. The lowest BCUT2D eigenvalue weighted by Crippen LogP contribution is -2.34. The summed E-state index contributed by atoms with van der Waals surface area (Å²) in [6, 6.07) is 2.66. The van der Waals surface area contributed by atoms with Crippen LogP contribution in [0.15, 0.2) is 12.3 Å². The molecular formula is C12H20N4. The van der Waals surface area contributed by atoms with E-state index in [0.29, 0.717) is 6.04 Å². The summed E-state index contributed by atoms with van der Waals surface area (Å²) in [5.41, 5.74) is 7.47. The van der Waals surface area contributed by atoms with Gasteiger partial charge in [-0.1, -0.05) is 0 Å². The van der Waals surface area contributed by atoms with Gasteiger partial charge < -0.3 is 10.6 Å². The van der Waals surface area contributed by atoms with Crippen molar-refractivity contribution in [2.24, 2.45) is 5.73 Å². The molecule has 0 radical (unpaired) electrons. The first-order chi connectivity index (χ1) is 7.69. The minimum Gasteiger partial charge on any atom is -0.320 e. The van der Waals surface area contributed by atoms with Crippen LogP contribution in [0.25, 0.3) is 0 Å². The largest absolute Gasteiger partial charge is 0.320 e. The number of nitrogens with zero attached hydrogens (tertiary/aromatic N) is 3. The number of hydrogen-bond donors (Lipinski definition) is 1. The molecule has 3 rings (SSSR count). The zero-order chi connectivity index (χ0) is 11.2. The monoisotopic (exact) mass is 220 g/mol. The third kappa shape index (κ3) is 1.66. The molecule has 0 atom stereocenters. The van der Waals surface area contributed by atoms with Crippen molar-refractivity contribution in [3.63, 3.8) is 0 Å². The van der Waals surface area contributed by atoms with Crippen molar-refractivity contribution in [1.82, 2.24) is 14.7 Å². The number of hydrogen-bond acceptors (Lipinski definition) is 3. The van der Waals surface area contributed by atoms with Crippen molar-refractivity contribution >= 4 is 0 Å². The van der Waals surface area contributed by atoms with Crippen LogP contribution in [-0.2, 0) is 5.54 Å². The van der Waals surface area contributed by atoms with Crippen LogP contribution in [0.4, 0.5) is 0 Å². The van der Waals surface area contributed by atoms with Crippen LogP contribution >= 0.6 is 0 Å². The van der Waals surface area contributed by atoms with Gasteiger partial charge in [0.2, 0.25) is 0 Å². The summed E-state index contributed by atoms with van der Waals surface area (Å²) in [5, 5.41) is 4.49. The first kappa shape index (κ1) is 10.3. The van der Waals surface area contributed by atoms with E-state index >= 15 is 0 Å². The Hall–Kier alpha value is -0.870. The lowest BCUT2D eigenvalue weighted by molar-refractivity contribution is 0.208. The number of piperidine rings is 1. The van der Waals surface area contributed by atoms with Crippen molar-refractivity contribution in [2.75, 3.05) is 20.1 Å². The fraction of sp³-hybridized carbons (Fsp3) is 0.750. The van der Waals surface area contributed by atoms with Crippen LogP contribution in [0, 0.1) is 0 Å². The molecular weight excluding hydrogens is 200 g/mol. The van der Waals surface area contributed by atoms with Gasteiger partial charge in [0.25, 0.3) is 0 Å². The van der Waals surface area contributed by atoms with Gasteiger partial charge in [-0.2, -0.15) is 5.10 Å². The van der Waals surface area contributed by atoms with E-state index in [0.717, 1.165) is 12.8 Å².